The zero-order valence-corrected chi connectivity index (χ0v) is 13.7. The van der Waals surface area contributed by atoms with Crippen LogP contribution in [0.1, 0.15) is 42.6 Å². The van der Waals surface area contributed by atoms with Crippen LogP contribution in [0, 0.1) is 0 Å². The van der Waals surface area contributed by atoms with Gasteiger partial charge in [-0.05, 0) is 5.56 Å². The molecule has 1 aromatic carbocycles. The lowest BCUT2D eigenvalue weighted by Crippen LogP contribution is -2.21. The van der Waals surface area contributed by atoms with Crippen molar-refractivity contribution >= 4 is 17.9 Å². The summed E-state index contributed by atoms with van der Waals surface area (Å²) < 4.78 is 5.10. The maximum Gasteiger partial charge on any atom is 0.413 e. The van der Waals surface area contributed by atoms with Crippen LogP contribution in [-0.4, -0.2) is 27.1 Å². The van der Waals surface area contributed by atoms with Gasteiger partial charge >= 0.3 is 12.1 Å². The first-order valence-electron chi connectivity index (χ1n) is 7.36. The molecule has 1 aromatic heterocycles. The zero-order valence-electron chi connectivity index (χ0n) is 13.7. The summed E-state index contributed by atoms with van der Waals surface area (Å²) in [6, 6.07) is 10.8. The molecular formula is C17H19N3O4. The van der Waals surface area contributed by atoms with Crippen molar-refractivity contribution < 1.29 is 19.4 Å². The van der Waals surface area contributed by atoms with Crippen molar-refractivity contribution in [3.8, 4) is 0 Å². The lowest BCUT2D eigenvalue weighted by atomic mass is 9.92. The molecule has 1 heterocycles. The first-order chi connectivity index (χ1) is 11.3. The first-order valence-corrected chi connectivity index (χ1v) is 7.36. The average molecular weight is 329 g/mol. The van der Waals surface area contributed by atoms with Crippen LogP contribution in [0.4, 0.5) is 10.6 Å². The Bertz CT molecular complexity index is 739. The van der Waals surface area contributed by atoms with Crippen molar-refractivity contribution in [2.75, 3.05) is 5.32 Å². The number of carbonyl (C=O) groups is 2. The summed E-state index contributed by atoms with van der Waals surface area (Å²) in [5.41, 5.74) is 0.961. The smallest absolute Gasteiger partial charge is 0.413 e. The zero-order chi connectivity index (χ0) is 17.7. The molecule has 2 aromatic rings. The van der Waals surface area contributed by atoms with Crippen molar-refractivity contribution in [3.63, 3.8) is 0 Å². The summed E-state index contributed by atoms with van der Waals surface area (Å²) in [5, 5.41) is 11.6. The molecule has 0 aliphatic rings. The first kappa shape index (κ1) is 17.4. The van der Waals surface area contributed by atoms with E-state index in [0.29, 0.717) is 5.69 Å². The summed E-state index contributed by atoms with van der Waals surface area (Å²) in [6.45, 7) is 5.77. The largest absolute Gasteiger partial charge is 0.475 e. The minimum Gasteiger partial charge on any atom is -0.475 e. The van der Waals surface area contributed by atoms with E-state index < -0.39 is 17.5 Å². The fourth-order valence-electron chi connectivity index (χ4n) is 1.85. The molecule has 7 heteroatoms. The molecule has 1 amide bonds. The van der Waals surface area contributed by atoms with E-state index in [9.17, 15) is 9.59 Å². The van der Waals surface area contributed by atoms with Gasteiger partial charge < -0.3 is 9.84 Å². The molecule has 0 aliphatic heterocycles. The molecule has 0 aliphatic carbocycles. The Morgan fingerprint density at radius 2 is 1.83 bits per heavy atom. The van der Waals surface area contributed by atoms with Crippen LogP contribution in [0.3, 0.4) is 0 Å². The molecule has 0 unspecified atom stereocenters. The second-order valence-corrected chi connectivity index (χ2v) is 6.20. The highest BCUT2D eigenvalue weighted by Crippen LogP contribution is 2.22. The predicted molar refractivity (Wildman–Crippen MR) is 87.9 cm³/mol. The Balaban J connectivity index is 2.11. The van der Waals surface area contributed by atoms with Crippen molar-refractivity contribution in [1.29, 1.82) is 0 Å². The van der Waals surface area contributed by atoms with E-state index >= 15 is 0 Å². The SMILES string of the molecule is CC(C)(C)c1cc(NC(=O)OCc2ccccc2)nc(C(=O)O)n1. The summed E-state index contributed by atoms with van der Waals surface area (Å²) in [5.74, 6) is -1.55. The van der Waals surface area contributed by atoms with Gasteiger partial charge in [-0.3, -0.25) is 5.32 Å². The van der Waals surface area contributed by atoms with Crippen molar-refractivity contribution in [3.05, 3.63) is 53.5 Å². The molecule has 2 rings (SSSR count). The van der Waals surface area contributed by atoms with Gasteiger partial charge in [0.15, 0.2) is 0 Å². The number of ether oxygens (including phenoxy) is 1. The molecule has 0 saturated heterocycles. The molecule has 0 radical (unpaired) electrons. The Hall–Kier alpha value is -2.96. The summed E-state index contributed by atoms with van der Waals surface area (Å²) in [6.07, 6.45) is -0.714. The third kappa shape index (κ3) is 4.77. The number of benzene rings is 1. The van der Waals surface area contributed by atoms with Gasteiger partial charge in [0.2, 0.25) is 5.82 Å². The minimum atomic E-state index is -1.26. The van der Waals surface area contributed by atoms with Gasteiger partial charge in [-0.25, -0.2) is 19.6 Å². The number of nitrogens with zero attached hydrogens (tertiary/aromatic N) is 2. The lowest BCUT2D eigenvalue weighted by Gasteiger charge is -2.18. The van der Waals surface area contributed by atoms with Crippen LogP contribution in [-0.2, 0) is 16.8 Å². The highest BCUT2D eigenvalue weighted by molar-refractivity contribution is 5.86. The highest BCUT2D eigenvalue weighted by Gasteiger charge is 2.21. The second kappa shape index (κ2) is 7.08. The normalized spacial score (nSPS) is 11.0. The number of nitrogens with one attached hydrogen (secondary N) is 1. The Morgan fingerprint density at radius 1 is 1.17 bits per heavy atom. The topological polar surface area (TPSA) is 101 Å². The third-order valence-electron chi connectivity index (χ3n) is 3.13. The van der Waals surface area contributed by atoms with Crippen LogP contribution < -0.4 is 5.32 Å². The Kier molecular flexibility index (Phi) is 5.13. The van der Waals surface area contributed by atoms with E-state index in [0.717, 1.165) is 5.56 Å². The van der Waals surface area contributed by atoms with E-state index in [2.05, 4.69) is 15.3 Å². The van der Waals surface area contributed by atoms with Crippen LogP contribution >= 0.6 is 0 Å². The maximum atomic E-state index is 11.9. The van der Waals surface area contributed by atoms with E-state index in [4.69, 9.17) is 9.84 Å². The minimum absolute atomic E-state index is 0.0883. The fraction of sp³-hybridized carbons (Fsp3) is 0.294. The van der Waals surface area contributed by atoms with Crippen molar-refractivity contribution in [1.82, 2.24) is 9.97 Å². The number of amides is 1. The standard InChI is InChI=1S/C17H19N3O4/c1-17(2,3)12-9-13(19-14(18-12)15(21)22)20-16(23)24-10-11-7-5-4-6-8-11/h4-9H,10H2,1-3H3,(H,21,22)(H,18,19,20,23). The second-order valence-electron chi connectivity index (χ2n) is 6.20. The number of aromatic nitrogens is 2. The van der Waals surface area contributed by atoms with Gasteiger partial charge in [-0.15, -0.1) is 0 Å². The van der Waals surface area contributed by atoms with E-state index in [1.807, 2.05) is 51.1 Å². The number of anilines is 1. The summed E-state index contributed by atoms with van der Waals surface area (Å²) >= 11 is 0. The highest BCUT2D eigenvalue weighted by atomic mass is 16.5. The van der Waals surface area contributed by atoms with Gasteiger partial charge in [-0.1, -0.05) is 51.1 Å². The number of aromatic carboxylic acids is 1. The van der Waals surface area contributed by atoms with Crippen LogP contribution in [0.15, 0.2) is 36.4 Å². The molecule has 24 heavy (non-hydrogen) atoms. The Morgan fingerprint density at radius 3 is 2.42 bits per heavy atom. The average Bonchev–Trinajstić information content (AvgIpc) is 2.53. The predicted octanol–water partition coefficient (Wildman–Crippen LogP) is 3.22. The summed E-state index contributed by atoms with van der Waals surface area (Å²) in [4.78, 5) is 30.9. The number of rotatable bonds is 4. The van der Waals surface area contributed by atoms with Crippen LogP contribution in [0.25, 0.3) is 0 Å². The van der Waals surface area contributed by atoms with Crippen molar-refractivity contribution in [2.45, 2.75) is 32.8 Å². The number of hydrogen-bond acceptors (Lipinski definition) is 5. The van der Waals surface area contributed by atoms with Gasteiger partial charge in [0.1, 0.15) is 12.4 Å². The number of carbonyl (C=O) groups excluding carboxylic acids is 1. The number of carboxylic acid groups (broad SMARTS) is 1. The molecule has 7 nitrogen and oxygen atoms in total. The molecule has 0 atom stereocenters. The molecule has 0 bridgehead atoms. The molecule has 0 spiro atoms. The van der Waals surface area contributed by atoms with Crippen molar-refractivity contribution in [2.24, 2.45) is 0 Å². The van der Waals surface area contributed by atoms with Crippen LogP contribution in [0.2, 0.25) is 0 Å². The van der Waals surface area contributed by atoms with E-state index in [1.54, 1.807) is 0 Å². The van der Waals surface area contributed by atoms with Gasteiger partial charge in [0.25, 0.3) is 0 Å². The molecule has 0 saturated carbocycles. The quantitative estimate of drug-likeness (QED) is 0.893. The van der Waals surface area contributed by atoms with Crippen LogP contribution in [0.5, 0.6) is 0 Å². The number of carboxylic acids is 1. The molecule has 126 valence electrons. The third-order valence-corrected chi connectivity index (χ3v) is 3.13. The Labute approximate surface area is 139 Å². The molecular weight excluding hydrogens is 310 g/mol. The molecule has 2 N–H and O–H groups in total. The number of hydrogen-bond donors (Lipinski definition) is 2. The van der Waals surface area contributed by atoms with Gasteiger partial charge in [0, 0.05) is 11.5 Å². The summed E-state index contributed by atoms with van der Waals surface area (Å²) in [7, 11) is 0. The van der Waals surface area contributed by atoms with E-state index in [1.165, 1.54) is 6.07 Å². The van der Waals surface area contributed by atoms with Gasteiger partial charge in [-0.2, -0.15) is 0 Å². The molecule has 0 fully saturated rings. The lowest BCUT2D eigenvalue weighted by molar-refractivity contribution is 0.0682. The van der Waals surface area contributed by atoms with Gasteiger partial charge in [0.05, 0.1) is 5.69 Å². The maximum absolute atomic E-state index is 11.9. The van der Waals surface area contributed by atoms with E-state index in [-0.39, 0.29) is 18.2 Å². The monoisotopic (exact) mass is 329 g/mol. The fourth-order valence-corrected chi connectivity index (χ4v) is 1.85.